The fourth-order valence-electron chi connectivity index (χ4n) is 2.55. The van der Waals surface area contributed by atoms with Crippen LogP contribution in [0.1, 0.15) is 34.3 Å². The molecule has 1 aromatic rings. The molecule has 1 heterocycles. The summed E-state index contributed by atoms with van der Waals surface area (Å²) >= 11 is 0. The number of aryl methyl sites for hydroxylation is 2. The van der Waals surface area contributed by atoms with Gasteiger partial charge in [-0.15, -0.1) is 0 Å². The van der Waals surface area contributed by atoms with Gasteiger partial charge in [-0.25, -0.2) is 0 Å². The van der Waals surface area contributed by atoms with Gasteiger partial charge in [-0.3, -0.25) is 4.79 Å². The Morgan fingerprint density at radius 2 is 2.17 bits per heavy atom. The van der Waals surface area contributed by atoms with Crippen LogP contribution in [0.3, 0.4) is 0 Å². The second kappa shape index (κ2) is 4.98. The van der Waals surface area contributed by atoms with E-state index in [0.717, 1.165) is 30.5 Å². The molecule has 3 N–H and O–H groups in total. The molecule has 1 fully saturated rings. The van der Waals surface area contributed by atoms with E-state index in [-0.39, 0.29) is 18.6 Å². The van der Waals surface area contributed by atoms with E-state index in [9.17, 15) is 9.90 Å². The number of likely N-dealkylation sites (tertiary alicyclic amines) is 1. The molecule has 4 heteroatoms. The Bertz CT molecular complexity index is 471. The molecule has 98 valence electrons. The van der Waals surface area contributed by atoms with E-state index in [0.29, 0.717) is 11.3 Å². The Balaban J connectivity index is 2.31. The van der Waals surface area contributed by atoms with E-state index in [1.807, 2.05) is 19.9 Å². The number of benzene rings is 1. The summed E-state index contributed by atoms with van der Waals surface area (Å²) in [6, 6.07) is 3.64. The molecule has 18 heavy (non-hydrogen) atoms. The van der Waals surface area contributed by atoms with Gasteiger partial charge in [-0.2, -0.15) is 0 Å². The van der Waals surface area contributed by atoms with Crippen LogP contribution < -0.4 is 5.73 Å². The van der Waals surface area contributed by atoms with Gasteiger partial charge in [0, 0.05) is 17.8 Å². The summed E-state index contributed by atoms with van der Waals surface area (Å²) in [7, 11) is 0. The standard InChI is InChI=1S/C14H20N2O2/c1-9-6-10(2)13(15)7-12(9)14(18)16-5-3-4-11(16)8-17/h6-7,11,17H,3-5,8,15H2,1-2H3/t11-/m0/s1. The minimum atomic E-state index is -0.0422. The van der Waals surface area contributed by atoms with E-state index < -0.39 is 0 Å². The van der Waals surface area contributed by atoms with Crippen molar-refractivity contribution in [1.82, 2.24) is 4.90 Å². The molecular weight excluding hydrogens is 228 g/mol. The highest BCUT2D eigenvalue weighted by molar-refractivity contribution is 5.97. The second-order valence-electron chi connectivity index (χ2n) is 5.00. The lowest BCUT2D eigenvalue weighted by atomic mass is 10.0. The van der Waals surface area contributed by atoms with Crippen LogP contribution in [-0.2, 0) is 0 Å². The second-order valence-corrected chi connectivity index (χ2v) is 5.00. The number of nitrogen functional groups attached to an aromatic ring is 1. The van der Waals surface area contributed by atoms with Crippen molar-refractivity contribution in [3.05, 3.63) is 28.8 Å². The van der Waals surface area contributed by atoms with Gasteiger partial charge in [0.05, 0.1) is 12.6 Å². The van der Waals surface area contributed by atoms with Crippen molar-refractivity contribution in [3.8, 4) is 0 Å². The third-order valence-corrected chi connectivity index (χ3v) is 3.69. The highest BCUT2D eigenvalue weighted by atomic mass is 16.3. The monoisotopic (exact) mass is 248 g/mol. The van der Waals surface area contributed by atoms with E-state index in [1.165, 1.54) is 0 Å². The molecule has 0 aliphatic carbocycles. The van der Waals surface area contributed by atoms with Gasteiger partial charge in [0.25, 0.3) is 5.91 Å². The third-order valence-electron chi connectivity index (χ3n) is 3.69. The number of aliphatic hydroxyl groups is 1. The van der Waals surface area contributed by atoms with Crippen LogP contribution in [0.4, 0.5) is 5.69 Å². The number of carbonyl (C=O) groups excluding carboxylic acids is 1. The number of hydrogen-bond acceptors (Lipinski definition) is 3. The summed E-state index contributed by atoms with van der Waals surface area (Å²) in [5.41, 5.74) is 9.10. The molecule has 1 aromatic carbocycles. The van der Waals surface area contributed by atoms with Crippen LogP contribution in [0.15, 0.2) is 12.1 Å². The molecule has 0 spiro atoms. The lowest BCUT2D eigenvalue weighted by Gasteiger charge is -2.24. The SMILES string of the molecule is Cc1cc(C)c(C(=O)N2CCC[C@H]2CO)cc1N. The summed E-state index contributed by atoms with van der Waals surface area (Å²) in [6.45, 7) is 4.61. The van der Waals surface area contributed by atoms with Crippen molar-refractivity contribution in [2.45, 2.75) is 32.7 Å². The number of carbonyl (C=O) groups is 1. The number of rotatable bonds is 2. The Kier molecular flexibility index (Phi) is 3.57. The van der Waals surface area contributed by atoms with Crippen molar-refractivity contribution in [2.75, 3.05) is 18.9 Å². The number of nitrogens with zero attached hydrogens (tertiary/aromatic N) is 1. The maximum absolute atomic E-state index is 12.5. The number of nitrogens with two attached hydrogens (primary N) is 1. The molecule has 0 aromatic heterocycles. The first kappa shape index (κ1) is 12.9. The van der Waals surface area contributed by atoms with Crippen LogP contribution in [0.25, 0.3) is 0 Å². The van der Waals surface area contributed by atoms with Gasteiger partial charge < -0.3 is 15.7 Å². The zero-order chi connectivity index (χ0) is 13.3. The number of amides is 1. The van der Waals surface area contributed by atoms with Crippen molar-refractivity contribution in [1.29, 1.82) is 0 Å². The largest absolute Gasteiger partial charge is 0.398 e. The molecule has 1 saturated heterocycles. The molecular formula is C14H20N2O2. The average molecular weight is 248 g/mol. The summed E-state index contributed by atoms with van der Waals surface area (Å²) in [5.74, 6) is -0.0178. The van der Waals surface area contributed by atoms with Crippen molar-refractivity contribution >= 4 is 11.6 Å². The summed E-state index contributed by atoms with van der Waals surface area (Å²) in [5, 5.41) is 9.28. The summed E-state index contributed by atoms with van der Waals surface area (Å²) < 4.78 is 0. The Hall–Kier alpha value is -1.55. The van der Waals surface area contributed by atoms with E-state index in [2.05, 4.69) is 0 Å². The first-order valence-corrected chi connectivity index (χ1v) is 6.33. The molecule has 1 aliphatic heterocycles. The van der Waals surface area contributed by atoms with Gasteiger partial charge in [-0.1, -0.05) is 6.07 Å². The average Bonchev–Trinajstić information content (AvgIpc) is 2.81. The van der Waals surface area contributed by atoms with E-state index in [4.69, 9.17) is 5.73 Å². The number of anilines is 1. The smallest absolute Gasteiger partial charge is 0.254 e. The zero-order valence-electron chi connectivity index (χ0n) is 10.9. The van der Waals surface area contributed by atoms with Crippen LogP contribution in [0.5, 0.6) is 0 Å². The van der Waals surface area contributed by atoms with Crippen LogP contribution >= 0.6 is 0 Å². The zero-order valence-corrected chi connectivity index (χ0v) is 10.9. The lowest BCUT2D eigenvalue weighted by molar-refractivity contribution is 0.0677. The van der Waals surface area contributed by atoms with E-state index >= 15 is 0 Å². The maximum Gasteiger partial charge on any atom is 0.254 e. The van der Waals surface area contributed by atoms with Gasteiger partial charge in [-0.05, 0) is 43.9 Å². The molecule has 0 radical (unpaired) electrons. The minimum Gasteiger partial charge on any atom is -0.398 e. The quantitative estimate of drug-likeness (QED) is 0.779. The minimum absolute atomic E-state index is 0.0178. The van der Waals surface area contributed by atoms with Crippen LogP contribution in [0.2, 0.25) is 0 Å². The Morgan fingerprint density at radius 1 is 1.44 bits per heavy atom. The van der Waals surface area contributed by atoms with Gasteiger partial charge in [0.1, 0.15) is 0 Å². The highest BCUT2D eigenvalue weighted by Gasteiger charge is 2.29. The topological polar surface area (TPSA) is 66.6 Å². The molecule has 1 aliphatic rings. The van der Waals surface area contributed by atoms with Crippen molar-refractivity contribution in [3.63, 3.8) is 0 Å². The molecule has 1 atom stereocenters. The number of hydrogen-bond donors (Lipinski definition) is 2. The van der Waals surface area contributed by atoms with Crippen LogP contribution in [0, 0.1) is 13.8 Å². The molecule has 1 amide bonds. The van der Waals surface area contributed by atoms with Gasteiger partial charge in [0.2, 0.25) is 0 Å². The summed E-state index contributed by atoms with van der Waals surface area (Å²) in [4.78, 5) is 14.2. The Morgan fingerprint density at radius 3 is 2.83 bits per heavy atom. The predicted octanol–water partition coefficient (Wildman–Crippen LogP) is 1.48. The van der Waals surface area contributed by atoms with Gasteiger partial charge >= 0.3 is 0 Å². The van der Waals surface area contributed by atoms with Crippen molar-refractivity contribution in [2.24, 2.45) is 0 Å². The van der Waals surface area contributed by atoms with Gasteiger partial charge in [0.15, 0.2) is 0 Å². The van der Waals surface area contributed by atoms with E-state index in [1.54, 1.807) is 11.0 Å². The predicted molar refractivity (Wildman–Crippen MR) is 71.5 cm³/mol. The third kappa shape index (κ3) is 2.20. The summed E-state index contributed by atoms with van der Waals surface area (Å²) in [6.07, 6.45) is 1.83. The lowest BCUT2D eigenvalue weighted by Crippen LogP contribution is -2.38. The fourth-order valence-corrected chi connectivity index (χ4v) is 2.55. The molecule has 0 bridgehead atoms. The molecule has 0 unspecified atom stereocenters. The number of aliphatic hydroxyl groups excluding tert-OH is 1. The maximum atomic E-state index is 12.5. The normalized spacial score (nSPS) is 19.3. The molecule has 0 saturated carbocycles. The molecule has 4 nitrogen and oxygen atoms in total. The van der Waals surface area contributed by atoms with Crippen LogP contribution in [-0.4, -0.2) is 35.1 Å². The highest BCUT2D eigenvalue weighted by Crippen LogP contribution is 2.24. The Labute approximate surface area is 107 Å². The fraction of sp³-hybridized carbons (Fsp3) is 0.500. The molecule has 2 rings (SSSR count). The van der Waals surface area contributed by atoms with Crippen molar-refractivity contribution < 1.29 is 9.90 Å². The first-order valence-electron chi connectivity index (χ1n) is 6.33. The first-order chi connectivity index (χ1) is 8.54.